The fourth-order valence-electron chi connectivity index (χ4n) is 3.52. The number of amides is 1. The van der Waals surface area contributed by atoms with Crippen molar-refractivity contribution in [3.8, 4) is 0 Å². The number of benzene rings is 1. The number of hydrogen-bond acceptors (Lipinski definition) is 3. The van der Waals surface area contributed by atoms with Crippen molar-refractivity contribution >= 4 is 5.91 Å². The van der Waals surface area contributed by atoms with Crippen LogP contribution in [0.5, 0.6) is 0 Å². The van der Waals surface area contributed by atoms with Crippen molar-refractivity contribution in [3.05, 3.63) is 59.7 Å². The van der Waals surface area contributed by atoms with E-state index in [-0.39, 0.29) is 16.7 Å². The summed E-state index contributed by atoms with van der Waals surface area (Å²) in [5, 5.41) is 0. The summed E-state index contributed by atoms with van der Waals surface area (Å²) in [4.78, 5) is 22.7. The standard InChI is InChI=1S/C19H23N3O/c1-14-20-10-15(11-21-14)17(23)22(4)13-19(12-18(19,2)3)16-8-6-5-7-9-16/h5-11H,12-13H2,1-4H3/t19-/m1/s1. The van der Waals surface area contributed by atoms with E-state index in [4.69, 9.17) is 0 Å². The zero-order chi connectivity index (χ0) is 16.7. The predicted molar refractivity (Wildman–Crippen MR) is 90.2 cm³/mol. The number of rotatable bonds is 4. The molecule has 0 aliphatic heterocycles. The monoisotopic (exact) mass is 309 g/mol. The molecule has 23 heavy (non-hydrogen) atoms. The van der Waals surface area contributed by atoms with Gasteiger partial charge in [-0.05, 0) is 24.3 Å². The van der Waals surface area contributed by atoms with Gasteiger partial charge in [0.1, 0.15) is 5.82 Å². The molecule has 0 bridgehead atoms. The molecule has 4 heteroatoms. The molecule has 1 heterocycles. The summed E-state index contributed by atoms with van der Waals surface area (Å²) >= 11 is 0. The van der Waals surface area contributed by atoms with Gasteiger partial charge < -0.3 is 4.90 Å². The third-order valence-electron chi connectivity index (χ3n) is 5.12. The quantitative estimate of drug-likeness (QED) is 0.871. The van der Waals surface area contributed by atoms with Crippen molar-refractivity contribution in [2.24, 2.45) is 5.41 Å². The molecule has 3 rings (SSSR count). The first-order valence-electron chi connectivity index (χ1n) is 7.95. The average Bonchev–Trinajstić information content (AvgIpc) is 3.10. The molecule has 1 aliphatic rings. The maximum absolute atomic E-state index is 12.6. The highest BCUT2D eigenvalue weighted by Crippen LogP contribution is 2.64. The highest BCUT2D eigenvalue weighted by molar-refractivity contribution is 5.93. The van der Waals surface area contributed by atoms with Crippen LogP contribution in [0, 0.1) is 12.3 Å². The Labute approximate surface area is 137 Å². The summed E-state index contributed by atoms with van der Waals surface area (Å²) in [6.45, 7) is 7.06. The zero-order valence-corrected chi connectivity index (χ0v) is 14.2. The van der Waals surface area contributed by atoms with Crippen LogP contribution in [0.2, 0.25) is 0 Å². The maximum Gasteiger partial charge on any atom is 0.256 e. The van der Waals surface area contributed by atoms with Crippen LogP contribution >= 0.6 is 0 Å². The minimum atomic E-state index is -0.0250. The summed E-state index contributed by atoms with van der Waals surface area (Å²) in [6.07, 6.45) is 4.30. The fraction of sp³-hybridized carbons (Fsp3) is 0.421. The molecule has 0 radical (unpaired) electrons. The second-order valence-corrected chi connectivity index (χ2v) is 7.19. The Morgan fingerprint density at radius 3 is 2.26 bits per heavy atom. The first kappa shape index (κ1) is 15.7. The molecule has 1 saturated carbocycles. The van der Waals surface area contributed by atoms with Gasteiger partial charge in [-0.15, -0.1) is 0 Å². The second-order valence-electron chi connectivity index (χ2n) is 7.19. The lowest BCUT2D eigenvalue weighted by atomic mass is 9.87. The molecule has 120 valence electrons. The third-order valence-corrected chi connectivity index (χ3v) is 5.12. The van der Waals surface area contributed by atoms with Gasteiger partial charge in [-0.3, -0.25) is 4.79 Å². The van der Waals surface area contributed by atoms with E-state index in [0.29, 0.717) is 17.9 Å². The Morgan fingerprint density at radius 1 is 1.17 bits per heavy atom. The lowest BCUT2D eigenvalue weighted by Crippen LogP contribution is -2.36. The Kier molecular flexibility index (Phi) is 3.71. The highest BCUT2D eigenvalue weighted by atomic mass is 16.2. The van der Waals surface area contributed by atoms with Gasteiger partial charge in [0.2, 0.25) is 0 Å². The lowest BCUT2D eigenvalue weighted by Gasteiger charge is -2.27. The van der Waals surface area contributed by atoms with Gasteiger partial charge in [-0.1, -0.05) is 44.2 Å². The molecule has 1 atom stereocenters. The van der Waals surface area contributed by atoms with E-state index in [1.807, 2.05) is 20.0 Å². The minimum absolute atomic E-state index is 0.0250. The van der Waals surface area contributed by atoms with E-state index >= 15 is 0 Å². The van der Waals surface area contributed by atoms with Crippen LogP contribution in [0.1, 0.15) is 42.0 Å². The van der Waals surface area contributed by atoms with E-state index < -0.39 is 0 Å². The van der Waals surface area contributed by atoms with E-state index in [2.05, 4.69) is 48.1 Å². The van der Waals surface area contributed by atoms with E-state index in [0.717, 1.165) is 6.42 Å². The van der Waals surface area contributed by atoms with Crippen LogP contribution in [0.25, 0.3) is 0 Å². The molecule has 0 unspecified atom stereocenters. The first-order valence-corrected chi connectivity index (χ1v) is 7.95. The number of aryl methyl sites for hydroxylation is 1. The van der Waals surface area contributed by atoms with E-state index in [1.54, 1.807) is 17.3 Å². The van der Waals surface area contributed by atoms with Crippen LogP contribution in [-0.4, -0.2) is 34.4 Å². The van der Waals surface area contributed by atoms with E-state index in [1.165, 1.54) is 5.56 Å². The zero-order valence-electron chi connectivity index (χ0n) is 14.2. The largest absolute Gasteiger partial charge is 0.341 e. The topological polar surface area (TPSA) is 46.1 Å². The lowest BCUT2D eigenvalue weighted by molar-refractivity contribution is 0.0774. The van der Waals surface area contributed by atoms with Crippen molar-refractivity contribution < 1.29 is 4.79 Å². The number of carbonyl (C=O) groups excluding carboxylic acids is 1. The van der Waals surface area contributed by atoms with E-state index in [9.17, 15) is 4.79 Å². The van der Waals surface area contributed by atoms with Gasteiger partial charge in [0, 0.05) is 31.4 Å². The molecular formula is C19H23N3O. The Balaban J connectivity index is 1.82. The molecule has 0 saturated heterocycles. The molecule has 0 N–H and O–H groups in total. The molecule has 1 aromatic carbocycles. The summed E-state index contributed by atoms with van der Waals surface area (Å²) < 4.78 is 0. The molecule has 1 aliphatic carbocycles. The minimum Gasteiger partial charge on any atom is -0.341 e. The van der Waals surface area contributed by atoms with Gasteiger partial charge in [0.25, 0.3) is 5.91 Å². The smallest absolute Gasteiger partial charge is 0.256 e. The predicted octanol–water partition coefficient (Wildman–Crippen LogP) is 3.22. The first-order chi connectivity index (χ1) is 10.9. The van der Waals surface area contributed by atoms with Crippen LogP contribution in [0.15, 0.2) is 42.7 Å². The molecule has 1 amide bonds. The molecule has 1 fully saturated rings. The number of aromatic nitrogens is 2. The van der Waals surface area contributed by atoms with Gasteiger partial charge in [0.05, 0.1) is 5.56 Å². The Morgan fingerprint density at radius 2 is 1.74 bits per heavy atom. The molecule has 4 nitrogen and oxygen atoms in total. The van der Waals surface area contributed by atoms with Crippen molar-refractivity contribution in [1.29, 1.82) is 0 Å². The normalized spacial score (nSPS) is 21.7. The van der Waals surface area contributed by atoms with Gasteiger partial charge in [-0.25, -0.2) is 9.97 Å². The molecular weight excluding hydrogens is 286 g/mol. The summed E-state index contributed by atoms with van der Waals surface area (Å²) in [7, 11) is 1.86. The van der Waals surface area contributed by atoms with Crippen LogP contribution in [0.3, 0.4) is 0 Å². The maximum atomic E-state index is 12.6. The number of likely N-dealkylation sites (N-methyl/N-ethyl adjacent to an activating group) is 1. The number of carbonyl (C=O) groups is 1. The van der Waals surface area contributed by atoms with Gasteiger partial charge in [-0.2, -0.15) is 0 Å². The average molecular weight is 309 g/mol. The van der Waals surface area contributed by atoms with Crippen molar-refractivity contribution in [2.75, 3.05) is 13.6 Å². The highest BCUT2D eigenvalue weighted by Gasteiger charge is 2.62. The van der Waals surface area contributed by atoms with Crippen LogP contribution in [0.4, 0.5) is 0 Å². The Hall–Kier alpha value is -2.23. The summed E-state index contributed by atoms with van der Waals surface area (Å²) in [5.74, 6) is 0.649. The summed E-state index contributed by atoms with van der Waals surface area (Å²) in [6, 6.07) is 10.5. The van der Waals surface area contributed by atoms with Crippen LogP contribution in [-0.2, 0) is 5.41 Å². The second kappa shape index (κ2) is 5.44. The van der Waals surface area contributed by atoms with Gasteiger partial charge >= 0.3 is 0 Å². The van der Waals surface area contributed by atoms with Crippen LogP contribution < -0.4 is 0 Å². The van der Waals surface area contributed by atoms with Crippen molar-refractivity contribution in [1.82, 2.24) is 14.9 Å². The van der Waals surface area contributed by atoms with Gasteiger partial charge in [0.15, 0.2) is 0 Å². The number of hydrogen-bond donors (Lipinski definition) is 0. The Bertz CT molecular complexity index is 709. The molecule has 0 spiro atoms. The van der Waals surface area contributed by atoms with Crippen molar-refractivity contribution in [3.63, 3.8) is 0 Å². The SMILES string of the molecule is Cc1ncc(C(=O)N(C)C[C@@]2(c3ccccc3)CC2(C)C)cn1. The molecule has 1 aromatic heterocycles. The van der Waals surface area contributed by atoms with Crippen molar-refractivity contribution in [2.45, 2.75) is 32.6 Å². The number of nitrogens with zero attached hydrogens (tertiary/aromatic N) is 3. The third kappa shape index (κ3) is 2.74. The summed E-state index contributed by atoms with van der Waals surface area (Å²) in [5.41, 5.74) is 2.08. The molecule has 2 aromatic rings. The fourth-order valence-corrected chi connectivity index (χ4v) is 3.52.